The summed E-state index contributed by atoms with van der Waals surface area (Å²) >= 11 is 0. The minimum atomic E-state index is -1.30. The molecule has 4 unspecified atom stereocenters. The van der Waals surface area contributed by atoms with Gasteiger partial charge < -0.3 is 25.7 Å². The van der Waals surface area contributed by atoms with Gasteiger partial charge in [-0.3, -0.25) is 4.79 Å². The van der Waals surface area contributed by atoms with E-state index in [1.807, 2.05) is 0 Å². The molecule has 494 valence electrons. The van der Waals surface area contributed by atoms with Crippen LogP contribution in [0.15, 0.2) is 60.8 Å². The maximum Gasteiger partial charge on any atom is 0.249 e. The van der Waals surface area contributed by atoms with Crippen molar-refractivity contribution in [2.75, 3.05) is 6.61 Å². The second-order valence-corrected chi connectivity index (χ2v) is 26.0. The van der Waals surface area contributed by atoms with Gasteiger partial charge >= 0.3 is 0 Å². The molecule has 6 heteroatoms. The molecule has 0 radical (unpaired) electrons. The molecule has 84 heavy (non-hydrogen) atoms. The van der Waals surface area contributed by atoms with Crippen molar-refractivity contribution in [3.63, 3.8) is 0 Å². The Morgan fingerprint density at radius 3 is 0.821 bits per heavy atom. The second-order valence-electron chi connectivity index (χ2n) is 26.0. The van der Waals surface area contributed by atoms with Crippen LogP contribution in [0, 0.1) is 0 Å². The van der Waals surface area contributed by atoms with Crippen molar-refractivity contribution < 1.29 is 25.2 Å². The van der Waals surface area contributed by atoms with Crippen LogP contribution in [0.3, 0.4) is 0 Å². The van der Waals surface area contributed by atoms with E-state index in [1.165, 1.54) is 308 Å². The number of amides is 1. The molecule has 0 fully saturated rings. The monoisotopic (exact) mass is 1180 g/mol. The molecule has 6 nitrogen and oxygen atoms in total. The Morgan fingerprint density at radius 1 is 0.298 bits per heavy atom. The molecule has 0 heterocycles. The fourth-order valence-corrected chi connectivity index (χ4v) is 11.8. The number of carbonyl (C=O) groups is 1. The van der Waals surface area contributed by atoms with Crippen LogP contribution in [0.1, 0.15) is 399 Å². The second kappa shape index (κ2) is 71.8. The molecule has 0 saturated heterocycles. The van der Waals surface area contributed by atoms with E-state index in [9.17, 15) is 25.2 Å². The van der Waals surface area contributed by atoms with Crippen LogP contribution < -0.4 is 5.32 Å². The van der Waals surface area contributed by atoms with Gasteiger partial charge in [0.2, 0.25) is 5.91 Å². The largest absolute Gasteiger partial charge is 0.394 e. The van der Waals surface area contributed by atoms with Gasteiger partial charge in [0.25, 0.3) is 0 Å². The van der Waals surface area contributed by atoms with Crippen LogP contribution in [-0.2, 0) is 4.79 Å². The van der Waals surface area contributed by atoms with Crippen molar-refractivity contribution in [3.05, 3.63) is 60.8 Å². The molecule has 0 rings (SSSR count). The molecule has 0 saturated carbocycles. The van der Waals surface area contributed by atoms with E-state index < -0.39 is 36.9 Å². The minimum Gasteiger partial charge on any atom is -0.394 e. The Hall–Kier alpha value is -1.99. The molecule has 0 bridgehead atoms. The third-order valence-corrected chi connectivity index (χ3v) is 17.7. The van der Waals surface area contributed by atoms with Crippen LogP contribution in [-0.4, -0.2) is 57.3 Å². The number of aliphatic hydroxyl groups is 4. The van der Waals surface area contributed by atoms with Gasteiger partial charge in [-0.15, -0.1) is 0 Å². The van der Waals surface area contributed by atoms with Crippen molar-refractivity contribution in [1.82, 2.24) is 5.32 Å². The number of hydrogen-bond acceptors (Lipinski definition) is 5. The molecule has 0 aromatic heterocycles. The Bertz CT molecular complexity index is 1420. The van der Waals surface area contributed by atoms with Crippen LogP contribution in [0.4, 0.5) is 0 Å². The smallest absolute Gasteiger partial charge is 0.249 e. The molecule has 1 amide bonds. The van der Waals surface area contributed by atoms with Crippen LogP contribution in [0.2, 0.25) is 0 Å². The molecule has 0 aromatic carbocycles. The topological polar surface area (TPSA) is 110 Å². The van der Waals surface area contributed by atoms with Crippen LogP contribution in [0.25, 0.3) is 0 Å². The van der Waals surface area contributed by atoms with E-state index >= 15 is 0 Å². The number of carbonyl (C=O) groups excluding carboxylic acids is 1. The van der Waals surface area contributed by atoms with Gasteiger partial charge in [-0.1, -0.05) is 364 Å². The highest BCUT2D eigenvalue weighted by molar-refractivity contribution is 5.80. The van der Waals surface area contributed by atoms with E-state index in [4.69, 9.17) is 0 Å². The average Bonchev–Trinajstić information content (AvgIpc) is 3.53. The number of nitrogens with one attached hydrogen (secondary N) is 1. The van der Waals surface area contributed by atoms with Crippen molar-refractivity contribution in [2.24, 2.45) is 0 Å². The van der Waals surface area contributed by atoms with E-state index in [0.29, 0.717) is 19.3 Å². The molecule has 0 aliphatic heterocycles. The predicted molar refractivity (Wildman–Crippen MR) is 371 cm³/mol. The fourth-order valence-electron chi connectivity index (χ4n) is 11.8. The molecule has 0 aliphatic carbocycles. The highest BCUT2D eigenvalue weighted by atomic mass is 16.3. The summed E-state index contributed by atoms with van der Waals surface area (Å²) in [7, 11) is 0. The first-order valence-electron chi connectivity index (χ1n) is 37.7. The predicted octanol–water partition coefficient (Wildman–Crippen LogP) is 23.8. The number of allylic oxidation sites excluding steroid dienone is 10. The lowest BCUT2D eigenvalue weighted by molar-refractivity contribution is -0.132. The summed E-state index contributed by atoms with van der Waals surface area (Å²) in [6.45, 7) is 4.09. The molecule has 0 aliphatic rings. The average molecular weight is 1180 g/mol. The van der Waals surface area contributed by atoms with E-state index in [2.05, 4.69) is 79.9 Å². The van der Waals surface area contributed by atoms with Gasteiger partial charge in [0.1, 0.15) is 12.2 Å². The highest BCUT2D eigenvalue weighted by Crippen LogP contribution is 2.19. The van der Waals surface area contributed by atoms with Crippen molar-refractivity contribution in [1.29, 1.82) is 0 Å². The Kier molecular flexibility index (Phi) is 70.1. The quantitative estimate of drug-likeness (QED) is 0.0308. The van der Waals surface area contributed by atoms with Gasteiger partial charge in [0.15, 0.2) is 0 Å². The standard InChI is InChI=1S/C78H147NO5/c1-3-5-7-9-11-13-15-17-19-21-23-25-27-29-31-33-35-36-37-38-39-40-41-42-44-46-48-50-52-54-56-58-60-62-64-66-68-70-72-76(82)78(84)79-74(73-80)77(83)75(81)71-69-67-65-63-61-59-57-55-53-51-49-47-45-43-34-32-30-28-26-24-22-20-18-16-14-12-10-8-6-4-2/h35-36,38-39,47,49,55,57,63,65,74-77,80-83H,3-34,37,40-46,48,50-54,56,58-62,64,66-73H2,1-2H3,(H,79,84)/b36-35-,39-38-,49-47+,57-55+,65-63+. The maximum absolute atomic E-state index is 12.7. The molecule has 0 spiro atoms. The summed E-state index contributed by atoms with van der Waals surface area (Å²) in [5.41, 5.74) is 0. The minimum absolute atomic E-state index is 0.358. The van der Waals surface area contributed by atoms with Gasteiger partial charge in [-0.05, 0) is 96.3 Å². The lowest BCUT2D eigenvalue weighted by atomic mass is 10.00. The third kappa shape index (κ3) is 64.5. The summed E-state index contributed by atoms with van der Waals surface area (Å²) < 4.78 is 0. The van der Waals surface area contributed by atoms with E-state index in [0.717, 1.165) is 57.8 Å². The highest BCUT2D eigenvalue weighted by Gasteiger charge is 2.28. The van der Waals surface area contributed by atoms with Crippen LogP contribution >= 0.6 is 0 Å². The summed E-state index contributed by atoms with van der Waals surface area (Å²) in [4.78, 5) is 12.7. The zero-order valence-corrected chi connectivity index (χ0v) is 56.4. The van der Waals surface area contributed by atoms with Crippen LogP contribution in [0.5, 0.6) is 0 Å². The lowest BCUT2D eigenvalue weighted by Crippen LogP contribution is -2.53. The van der Waals surface area contributed by atoms with Crippen molar-refractivity contribution in [2.45, 2.75) is 423 Å². The first-order valence-corrected chi connectivity index (χ1v) is 37.7. The molecule has 5 N–H and O–H groups in total. The Labute approximate surface area is 524 Å². The lowest BCUT2D eigenvalue weighted by Gasteiger charge is -2.27. The number of aliphatic hydroxyl groups excluding tert-OH is 4. The summed E-state index contributed by atoms with van der Waals surface area (Å²) in [6, 6.07) is -1.02. The summed E-state index contributed by atoms with van der Waals surface area (Å²) in [5, 5.41) is 44.2. The zero-order valence-electron chi connectivity index (χ0n) is 56.4. The molecule has 0 aromatic rings. The maximum atomic E-state index is 12.7. The third-order valence-electron chi connectivity index (χ3n) is 17.7. The Balaban J connectivity index is 3.59. The SMILES string of the molecule is CCCCCCCCCCCCCCCCC/C=C\C/C=C\CCCCCCCCCCCCCCCCCCC(O)C(=O)NC(CO)C(O)C(O)CCC/C=C/CC/C=C/CC/C=C/CCCCCCCCCCCCCCCCCCC. The first kappa shape index (κ1) is 82.0. The molecular formula is C78H147NO5. The molecular weight excluding hydrogens is 1030 g/mol. The first-order chi connectivity index (χ1) is 41.5. The van der Waals surface area contributed by atoms with Gasteiger partial charge in [0.05, 0.1) is 18.8 Å². The van der Waals surface area contributed by atoms with Gasteiger partial charge in [0, 0.05) is 0 Å². The Morgan fingerprint density at radius 2 is 0.536 bits per heavy atom. The van der Waals surface area contributed by atoms with E-state index in [1.54, 1.807) is 0 Å². The fraction of sp³-hybridized carbons (Fsp3) is 0.859. The van der Waals surface area contributed by atoms with Gasteiger partial charge in [-0.2, -0.15) is 0 Å². The van der Waals surface area contributed by atoms with E-state index in [-0.39, 0.29) is 0 Å². The van der Waals surface area contributed by atoms with Crippen molar-refractivity contribution in [3.8, 4) is 0 Å². The summed E-state index contributed by atoms with van der Waals surface area (Å²) in [5.74, 6) is -0.595. The normalized spacial score (nSPS) is 13.7. The zero-order chi connectivity index (χ0) is 60.8. The number of rotatable bonds is 70. The van der Waals surface area contributed by atoms with Gasteiger partial charge in [-0.25, -0.2) is 0 Å². The number of hydrogen-bond donors (Lipinski definition) is 5. The molecule has 4 atom stereocenters. The number of unbranched alkanes of at least 4 members (excludes halogenated alkanes) is 51. The summed E-state index contributed by atoms with van der Waals surface area (Å²) in [6.07, 6.45) is 96.6. The van der Waals surface area contributed by atoms with Crippen molar-refractivity contribution >= 4 is 5.91 Å².